The Morgan fingerprint density at radius 1 is 0.550 bits per heavy atom. The summed E-state index contributed by atoms with van der Waals surface area (Å²) in [6.45, 7) is 0. The van der Waals surface area contributed by atoms with Gasteiger partial charge in [-0.2, -0.15) is 0 Å². The third-order valence-electron chi connectivity index (χ3n) is 7.97. The molecule has 2 aromatic rings. The predicted molar refractivity (Wildman–Crippen MR) is 78.0 cm³/mol. The van der Waals surface area contributed by atoms with E-state index in [1.54, 1.807) is 5.56 Å². The highest BCUT2D eigenvalue weighted by molar-refractivity contribution is 5.66. The Kier molecular flexibility index (Phi) is 1.17. The highest BCUT2D eigenvalue weighted by Gasteiger charge is 3.04. The van der Waals surface area contributed by atoms with Crippen LogP contribution in [0.5, 0.6) is 0 Å². The van der Waals surface area contributed by atoms with E-state index in [4.69, 9.17) is 0 Å². The van der Waals surface area contributed by atoms with Crippen molar-refractivity contribution in [3.05, 3.63) is 60.2 Å². The molecule has 0 heteroatoms. The van der Waals surface area contributed by atoms with E-state index in [-0.39, 0.29) is 0 Å². The Morgan fingerprint density at radius 3 is 1.70 bits per heavy atom. The second kappa shape index (κ2) is 2.50. The number of rotatable bonds is 2. The fraction of sp³-hybridized carbons (Fsp3) is 0.400. The zero-order chi connectivity index (χ0) is 12.6. The third kappa shape index (κ3) is 0.606. The van der Waals surface area contributed by atoms with E-state index < -0.39 is 0 Å². The van der Waals surface area contributed by atoms with Crippen molar-refractivity contribution < 1.29 is 0 Å². The van der Waals surface area contributed by atoms with Crippen LogP contribution in [0.3, 0.4) is 0 Å². The average Bonchev–Trinajstić information content (AvgIpc) is 2.56. The van der Waals surface area contributed by atoms with E-state index in [0.29, 0.717) is 5.41 Å². The smallest absolute Gasteiger partial charge is 0.00548 e. The molecular formula is C20H16. The van der Waals surface area contributed by atoms with Crippen LogP contribution in [-0.4, -0.2) is 0 Å². The number of hydrogen-bond donors (Lipinski definition) is 0. The molecule has 0 aromatic heterocycles. The lowest BCUT2D eigenvalue weighted by molar-refractivity contribution is -0.581. The Hall–Kier alpha value is -1.56. The third-order valence-corrected chi connectivity index (χ3v) is 7.97. The molecule has 0 radical (unpaired) electrons. The van der Waals surface area contributed by atoms with Crippen LogP contribution in [0.15, 0.2) is 54.6 Å². The van der Waals surface area contributed by atoms with Gasteiger partial charge in [0, 0.05) is 5.41 Å². The van der Waals surface area contributed by atoms with Crippen LogP contribution in [-0.2, 0) is 5.41 Å². The zero-order valence-electron chi connectivity index (χ0n) is 11.2. The molecule has 6 aliphatic rings. The van der Waals surface area contributed by atoms with E-state index in [1.165, 1.54) is 34.8 Å². The minimum absolute atomic E-state index is 0.698. The Labute approximate surface area is 118 Å². The van der Waals surface area contributed by atoms with E-state index in [0.717, 1.165) is 17.8 Å². The van der Waals surface area contributed by atoms with Crippen molar-refractivity contribution in [2.24, 2.45) is 41.4 Å². The van der Waals surface area contributed by atoms with Crippen molar-refractivity contribution in [2.45, 2.75) is 5.41 Å². The van der Waals surface area contributed by atoms with E-state index >= 15 is 0 Å². The molecule has 6 aliphatic carbocycles. The standard InChI is InChI=1S/C20H16/c1-2-4-10(5-3-1)11-6-8-12(9-7-11)20-17-14-13-15(17)19(20)16(13)18(14)20/h1-9,13-19H. The first-order valence-corrected chi connectivity index (χ1v) is 8.10. The van der Waals surface area contributed by atoms with E-state index in [1.807, 2.05) is 0 Å². The summed E-state index contributed by atoms with van der Waals surface area (Å²) in [7, 11) is 0. The van der Waals surface area contributed by atoms with Crippen LogP contribution in [0.25, 0.3) is 11.1 Å². The normalized spacial score (nSPS) is 53.7. The summed E-state index contributed by atoms with van der Waals surface area (Å²) < 4.78 is 0. The monoisotopic (exact) mass is 256 g/mol. The van der Waals surface area contributed by atoms with Crippen LogP contribution in [0.2, 0.25) is 0 Å². The van der Waals surface area contributed by atoms with Crippen molar-refractivity contribution in [3.63, 3.8) is 0 Å². The van der Waals surface area contributed by atoms with Crippen LogP contribution < -0.4 is 0 Å². The summed E-state index contributed by atoms with van der Waals surface area (Å²) >= 11 is 0. The Bertz CT molecular complexity index is 704. The molecule has 6 saturated carbocycles. The average molecular weight is 256 g/mol. The summed E-state index contributed by atoms with van der Waals surface area (Å²) in [4.78, 5) is 0. The van der Waals surface area contributed by atoms with E-state index in [9.17, 15) is 0 Å². The van der Waals surface area contributed by atoms with Crippen molar-refractivity contribution in [3.8, 4) is 11.1 Å². The topological polar surface area (TPSA) is 0 Å². The largest absolute Gasteiger partial charge is 0.0622 e. The molecule has 0 saturated heterocycles. The Morgan fingerprint density at radius 2 is 1.10 bits per heavy atom. The SMILES string of the molecule is c1ccc(-c2ccc(C34C5C6C7C5C3C7C64)cc2)cc1. The highest BCUT2D eigenvalue weighted by Crippen LogP contribution is 3.05. The second-order valence-corrected chi connectivity index (χ2v) is 7.76. The molecule has 0 heterocycles. The first kappa shape index (κ1) is 9.39. The number of benzene rings is 2. The molecule has 0 N–H and O–H groups in total. The second-order valence-electron chi connectivity index (χ2n) is 7.76. The minimum atomic E-state index is 0.698. The van der Waals surface area contributed by atoms with Crippen LogP contribution in [0, 0.1) is 41.4 Å². The van der Waals surface area contributed by atoms with Gasteiger partial charge in [0.25, 0.3) is 0 Å². The predicted octanol–water partition coefficient (Wildman–Crippen LogP) is 3.97. The fourth-order valence-electron chi connectivity index (χ4n) is 7.59. The molecule has 8 rings (SSSR count). The molecule has 0 unspecified atom stereocenters. The van der Waals surface area contributed by atoms with Crippen LogP contribution >= 0.6 is 0 Å². The molecule has 0 nitrogen and oxygen atoms in total. The van der Waals surface area contributed by atoms with Crippen molar-refractivity contribution in [1.29, 1.82) is 0 Å². The molecule has 0 aliphatic heterocycles. The maximum Gasteiger partial charge on any atom is 0.00548 e. The van der Waals surface area contributed by atoms with Crippen LogP contribution in [0.1, 0.15) is 5.56 Å². The molecule has 20 heavy (non-hydrogen) atoms. The van der Waals surface area contributed by atoms with Gasteiger partial charge in [0.1, 0.15) is 0 Å². The summed E-state index contributed by atoms with van der Waals surface area (Å²) in [6, 6.07) is 20.4. The highest BCUT2D eigenvalue weighted by atomic mass is 15.1. The van der Waals surface area contributed by atoms with E-state index in [2.05, 4.69) is 54.6 Å². The van der Waals surface area contributed by atoms with Gasteiger partial charge in [0.05, 0.1) is 0 Å². The number of hydrogen-bond acceptors (Lipinski definition) is 0. The molecule has 2 aromatic carbocycles. The van der Waals surface area contributed by atoms with Gasteiger partial charge >= 0.3 is 0 Å². The van der Waals surface area contributed by atoms with Crippen LogP contribution in [0.4, 0.5) is 0 Å². The molecule has 0 bridgehead atoms. The maximum atomic E-state index is 2.45. The van der Waals surface area contributed by atoms with Gasteiger partial charge in [0.15, 0.2) is 0 Å². The summed E-state index contributed by atoms with van der Waals surface area (Å²) in [5.41, 5.74) is 5.09. The van der Waals surface area contributed by atoms with Gasteiger partial charge in [-0.05, 0) is 58.1 Å². The van der Waals surface area contributed by atoms with Crippen molar-refractivity contribution in [2.75, 3.05) is 0 Å². The Balaban J connectivity index is 1.31. The molecule has 0 spiro atoms. The lowest BCUT2D eigenvalue weighted by Gasteiger charge is -3.08. The van der Waals surface area contributed by atoms with Crippen molar-refractivity contribution >= 4 is 0 Å². The molecular weight excluding hydrogens is 240 g/mol. The fourth-order valence-corrected chi connectivity index (χ4v) is 7.59. The quantitative estimate of drug-likeness (QED) is 0.762. The molecule has 0 amide bonds. The maximum absolute atomic E-state index is 2.45. The van der Waals surface area contributed by atoms with Gasteiger partial charge in [-0.3, -0.25) is 0 Å². The van der Waals surface area contributed by atoms with Gasteiger partial charge < -0.3 is 0 Å². The van der Waals surface area contributed by atoms with Gasteiger partial charge in [-0.1, -0.05) is 54.6 Å². The lowest BCUT2D eigenvalue weighted by atomic mass is 8.96. The summed E-state index contributed by atoms with van der Waals surface area (Å²) in [5, 5.41) is 0. The first-order valence-electron chi connectivity index (χ1n) is 8.10. The van der Waals surface area contributed by atoms with Gasteiger partial charge in [-0.25, -0.2) is 0 Å². The van der Waals surface area contributed by atoms with Gasteiger partial charge in [-0.15, -0.1) is 0 Å². The molecule has 0 atom stereocenters. The lowest BCUT2D eigenvalue weighted by Crippen LogP contribution is -3.06. The molecule has 6 fully saturated rings. The minimum Gasteiger partial charge on any atom is -0.0622 e. The molecule has 96 valence electrons. The van der Waals surface area contributed by atoms with Crippen molar-refractivity contribution in [1.82, 2.24) is 0 Å². The summed E-state index contributed by atoms with van der Waals surface area (Å²) in [6.07, 6.45) is 0. The first-order chi connectivity index (χ1) is 9.94. The summed E-state index contributed by atoms with van der Waals surface area (Å²) in [5.74, 6) is 8.14. The zero-order valence-corrected chi connectivity index (χ0v) is 11.2. The van der Waals surface area contributed by atoms with Gasteiger partial charge in [0.2, 0.25) is 0 Å².